The van der Waals surface area contributed by atoms with Crippen molar-refractivity contribution in [2.75, 3.05) is 6.61 Å². The lowest BCUT2D eigenvalue weighted by Crippen LogP contribution is -2.19. The molecule has 32 heavy (non-hydrogen) atoms. The normalized spacial score (nSPS) is 15.6. The molecule has 4 heteroatoms. The Hall–Kier alpha value is -3.86. The second kappa shape index (κ2) is 8.71. The summed E-state index contributed by atoms with van der Waals surface area (Å²) in [7, 11) is 0. The molecule has 0 amide bonds. The van der Waals surface area contributed by atoms with E-state index < -0.39 is 0 Å². The molecule has 1 aliphatic rings. The third-order valence-electron chi connectivity index (χ3n) is 5.84. The van der Waals surface area contributed by atoms with Gasteiger partial charge in [-0.3, -0.25) is 0 Å². The zero-order valence-corrected chi connectivity index (χ0v) is 18.0. The molecule has 3 heterocycles. The number of aryl methyl sites for hydroxylation is 1. The summed E-state index contributed by atoms with van der Waals surface area (Å²) >= 11 is 0. The number of aromatic nitrogens is 2. The van der Waals surface area contributed by atoms with E-state index in [0.29, 0.717) is 12.2 Å². The van der Waals surface area contributed by atoms with Gasteiger partial charge in [-0.2, -0.15) is 5.26 Å². The smallest absolute Gasteiger partial charge is 0.0991 e. The van der Waals surface area contributed by atoms with Crippen LogP contribution in [-0.2, 0) is 11.3 Å². The molecule has 0 spiro atoms. The molecular formula is C28H23N3O. The number of pyridine rings is 1. The molecule has 1 atom stereocenters. The van der Waals surface area contributed by atoms with Crippen LogP contribution in [0.4, 0.5) is 0 Å². The number of nitriles is 1. The van der Waals surface area contributed by atoms with Crippen molar-refractivity contribution in [3.05, 3.63) is 78.0 Å². The van der Waals surface area contributed by atoms with Crippen molar-refractivity contribution in [2.24, 2.45) is 0 Å². The number of rotatable bonds is 4. The fraction of sp³-hybridized carbons (Fsp3) is 0.214. The second-order valence-electron chi connectivity index (χ2n) is 8.11. The van der Waals surface area contributed by atoms with Gasteiger partial charge in [0.25, 0.3) is 0 Å². The molecule has 4 nitrogen and oxygen atoms in total. The summed E-state index contributed by atoms with van der Waals surface area (Å²) in [6.45, 7) is 3.52. The predicted octanol–water partition coefficient (Wildman–Crippen LogP) is 5.73. The Bertz CT molecular complexity index is 1360. The highest BCUT2D eigenvalue weighted by molar-refractivity contribution is 5.90. The molecule has 0 unspecified atom stereocenters. The number of fused-ring (bicyclic) bond motifs is 1. The first kappa shape index (κ1) is 20.1. The lowest BCUT2D eigenvalue weighted by Gasteiger charge is -2.16. The molecule has 0 radical (unpaired) electrons. The van der Waals surface area contributed by atoms with Gasteiger partial charge in [0.1, 0.15) is 0 Å². The van der Waals surface area contributed by atoms with Gasteiger partial charge in [-0.05, 0) is 36.8 Å². The van der Waals surface area contributed by atoms with Gasteiger partial charge in [0.05, 0.1) is 41.1 Å². The van der Waals surface area contributed by atoms with E-state index in [4.69, 9.17) is 9.72 Å². The molecule has 0 aliphatic carbocycles. The molecular weight excluding hydrogens is 394 g/mol. The summed E-state index contributed by atoms with van der Waals surface area (Å²) in [4.78, 5) is 5.07. The minimum Gasteiger partial charge on any atom is -0.374 e. The molecule has 2 aromatic heterocycles. The molecule has 0 fully saturated rings. The zero-order chi connectivity index (χ0) is 21.9. The number of benzene rings is 2. The average molecular weight is 418 g/mol. The average Bonchev–Trinajstić information content (AvgIpc) is 3.03. The largest absolute Gasteiger partial charge is 0.374 e. The van der Waals surface area contributed by atoms with E-state index in [-0.39, 0.29) is 6.10 Å². The van der Waals surface area contributed by atoms with Crippen molar-refractivity contribution in [1.29, 1.82) is 5.26 Å². The van der Waals surface area contributed by atoms with Gasteiger partial charge in [0, 0.05) is 36.7 Å². The molecule has 4 aromatic rings. The highest BCUT2D eigenvalue weighted by Crippen LogP contribution is 2.34. The van der Waals surface area contributed by atoms with Crippen LogP contribution in [0.3, 0.4) is 0 Å². The number of hydrogen-bond donors (Lipinski definition) is 0. The van der Waals surface area contributed by atoms with E-state index >= 15 is 0 Å². The Morgan fingerprint density at radius 3 is 2.62 bits per heavy atom. The van der Waals surface area contributed by atoms with Gasteiger partial charge >= 0.3 is 0 Å². The lowest BCUT2D eigenvalue weighted by atomic mass is 9.97. The molecule has 0 saturated heterocycles. The Labute approximate surface area is 188 Å². The topological polar surface area (TPSA) is 50.8 Å². The maximum absolute atomic E-state index is 9.20. The van der Waals surface area contributed by atoms with Gasteiger partial charge in [-0.25, -0.2) is 4.98 Å². The van der Waals surface area contributed by atoms with Crippen LogP contribution in [0.2, 0.25) is 0 Å². The highest BCUT2D eigenvalue weighted by Gasteiger charge is 2.16. The maximum atomic E-state index is 9.20. The van der Waals surface area contributed by atoms with Gasteiger partial charge in [0.15, 0.2) is 0 Å². The second-order valence-corrected chi connectivity index (χ2v) is 8.11. The monoisotopic (exact) mass is 417 g/mol. The van der Waals surface area contributed by atoms with Gasteiger partial charge in [-0.15, -0.1) is 11.8 Å². The standard InChI is InChI=1S/C28H23N3O/c1-20-6-10-23(11-7-20)28-25(22-12-8-21(18-29)9-13-22)17-27-26(30-28)14-15-31(27)19-24-5-3-2-4-16-32-24/h6-15,17,24H,4-5,16,19H2,1H3/t24-/m1/s1. The minimum absolute atomic E-state index is 0.0794. The molecule has 0 bridgehead atoms. The van der Waals surface area contributed by atoms with E-state index in [1.807, 2.05) is 24.3 Å². The first-order valence-corrected chi connectivity index (χ1v) is 10.9. The van der Waals surface area contributed by atoms with Gasteiger partial charge in [-0.1, -0.05) is 42.0 Å². The van der Waals surface area contributed by atoms with Crippen molar-refractivity contribution in [3.8, 4) is 40.3 Å². The van der Waals surface area contributed by atoms with Crippen LogP contribution >= 0.6 is 0 Å². The first-order chi connectivity index (χ1) is 15.7. The van der Waals surface area contributed by atoms with Crippen LogP contribution in [0.1, 0.15) is 24.0 Å². The number of hydrogen-bond acceptors (Lipinski definition) is 3. The van der Waals surface area contributed by atoms with Crippen molar-refractivity contribution >= 4 is 11.0 Å². The molecule has 0 N–H and O–H groups in total. The van der Waals surface area contributed by atoms with Crippen LogP contribution in [0.15, 0.2) is 66.9 Å². The predicted molar refractivity (Wildman–Crippen MR) is 127 cm³/mol. The molecule has 5 rings (SSSR count). The summed E-state index contributed by atoms with van der Waals surface area (Å²) in [5, 5.41) is 9.20. The molecule has 2 aromatic carbocycles. The molecule has 1 aliphatic heterocycles. The summed E-state index contributed by atoms with van der Waals surface area (Å²) in [5.41, 5.74) is 8.00. The minimum atomic E-state index is 0.0794. The van der Waals surface area contributed by atoms with E-state index in [2.05, 4.69) is 72.0 Å². The highest BCUT2D eigenvalue weighted by atomic mass is 16.5. The Morgan fingerprint density at radius 1 is 1.06 bits per heavy atom. The van der Waals surface area contributed by atoms with E-state index in [0.717, 1.165) is 52.8 Å². The lowest BCUT2D eigenvalue weighted by molar-refractivity contribution is 0.0521. The number of nitrogens with zero attached hydrogens (tertiary/aromatic N) is 3. The third kappa shape index (κ3) is 4.02. The van der Waals surface area contributed by atoms with E-state index in [9.17, 15) is 5.26 Å². The summed E-state index contributed by atoms with van der Waals surface area (Å²) in [6.07, 6.45) is 3.71. The van der Waals surface area contributed by atoms with Crippen LogP contribution in [0.5, 0.6) is 0 Å². The SMILES string of the molecule is Cc1ccc(-c2nc3ccn(C[C@H]4CC#CCCO4)c3cc2-c2ccc(C#N)cc2)cc1. The van der Waals surface area contributed by atoms with Crippen molar-refractivity contribution < 1.29 is 4.74 Å². The van der Waals surface area contributed by atoms with Crippen LogP contribution in [0.25, 0.3) is 33.4 Å². The molecule has 156 valence electrons. The van der Waals surface area contributed by atoms with Crippen LogP contribution in [0, 0.1) is 30.1 Å². The van der Waals surface area contributed by atoms with Crippen LogP contribution in [-0.4, -0.2) is 22.3 Å². The van der Waals surface area contributed by atoms with Crippen molar-refractivity contribution in [3.63, 3.8) is 0 Å². The Kier molecular flexibility index (Phi) is 5.46. The maximum Gasteiger partial charge on any atom is 0.0991 e. The summed E-state index contributed by atoms with van der Waals surface area (Å²) in [5.74, 6) is 6.35. The fourth-order valence-corrected chi connectivity index (χ4v) is 4.09. The van der Waals surface area contributed by atoms with E-state index in [1.165, 1.54) is 5.56 Å². The third-order valence-corrected chi connectivity index (χ3v) is 5.84. The zero-order valence-electron chi connectivity index (χ0n) is 18.0. The van der Waals surface area contributed by atoms with E-state index in [1.54, 1.807) is 0 Å². The quantitative estimate of drug-likeness (QED) is 0.398. The van der Waals surface area contributed by atoms with Gasteiger partial charge < -0.3 is 9.30 Å². The van der Waals surface area contributed by atoms with Crippen molar-refractivity contribution in [1.82, 2.24) is 9.55 Å². The molecule has 0 saturated carbocycles. The Balaban J connectivity index is 1.62. The number of ether oxygens (including phenoxy) is 1. The first-order valence-electron chi connectivity index (χ1n) is 10.9. The Morgan fingerprint density at radius 2 is 1.84 bits per heavy atom. The van der Waals surface area contributed by atoms with Crippen molar-refractivity contribution in [2.45, 2.75) is 32.4 Å². The fourth-order valence-electron chi connectivity index (χ4n) is 4.09. The summed E-state index contributed by atoms with van der Waals surface area (Å²) in [6, 6.07) is 22.6. The van der Waals surface area contributed by atoms with Crippen LogP contribution < -0.4 is 0 Å². The van der Waals surface area contributed by atoms with Gasteiger partial charge in [0.2, 0.25) is 0 Å². The summed E-state index contributed by atoms with van der Waals surface area (Å²) < 4.78 is 8.19.